The first-order valence-corrected chi connectivity index (χ1v) is 6.65. The van der Waals surface area contributed by atoms with Crippen LogP contribution in [0.1, 0.15) is 51.9 Å². The number of nitrogens with zero attached hydrogens (tertiary/aromatic N) is 1. The Bertz CT molecular complexity index is 255. The van der Waals surface area contributed by atoms with Crippen molar-refractivity contribution in [1.29, 1.82) is 0 Å². The van der Waals surface area contributed by atoms with Crippen LogP contribution in [0.3, 0.4) is 0 Å². The van der Waals surface area contributed by atoms with Gasteiger partial charge in [0.25, 0.3) is 0 Å². The molecule has 0 bridgehead atoms. The molecule has 2 saturated carbocycles. The largest absolute Gasteiger partial charge is 0.395 e. The number of rotatable bonds is 5. The average molecular weight is 225 g/mol. The zero-order chi connectivity index (χ0) is 11.6. The monoisotopic (exact) mass is 225 g/mol. The highest BCUT2D eigenvalue weighted by atomic mass is 16.3. The summed E-state index contributed by atoms with van der Waals surface area (Å²) in [5, 5.41) is 9.07. The second kappa shape index (κ2) is 4.74. The molecule has 0 heterocycles. The molecule has 0 spiro atoms. The maximum absolute atomic E-state index is 12.6. The van der Waals surface area contributed by atoms with Crippen molar-refractivity contribution in [2.75, 3.05) is 13.2 Å². The smallest absolute Gasteiger partial charge is 0.229 e. The van der Waals surface area contributed by atoms with Crippen LogP contribution < -0.4 is 0 Å². The summed E-state index contributed by atoms with van der Waals surface area (Å²) in [6.07, 6.45) is 7.71. The van der Waals surface area contributed by atoms with Gasteiger partial charge in [0.05, 0.1) is 6.61 Å². The normalized spacial score (nSPS) is 23.4. The highest BCUT2D eigenvalue weighted by molar-refractivity contribution is 5.83. The summed E-state index contributed by atoms with van der Waals surface area (Å²) in [4.78, 5) is 14.5. The lowest BCUT2D eigenvalue weighted by molar-refractivity contribution is -0.143. The molecule has 0 atom stereocenters. The van der Waals surface area contributed by atoms with Gasteiger partial charge in [0.15, 0.2) is 0 Å². The van der Waals surface area contributed by atoms with E-state index < -0.39 is 0 Å². The molecule has 0 aromatic rings. The third-order valence-electron chi connectivity index (χ3n) is 4.28. The summed E-state index contributed by atoms with van der Waals surface area (Å²) in [5.41, 5.74) is -0.0856. The Labute approximate surface area is 97.8 Å². The van der Waals surface area contributed by atoms with Crippen molar-refractivity contribution in [2.24, 2.45) is 5.41 Å². The summed E-state index contributed by atoms with van der Waals surface area (Å²) in [5.74, 6) is 0.323. The molecule has 1 N–H and O–H groups in total. The lowest BCUT2D eigenvalue weighted by atomic mass is 9.82. The second-order valence-electron chi connectivity index (χ2n) is 5.29. The SMILES string of the molecule is CCC1(C(=O)N(CCO)C2CC2)CCCC1. The molecule has 0 aliphatic heterocycles. The number of hydrogen-bond donors (Lipinski definition) is 1. The van der Waals surface area contributed by atoms with E-state index in [0.717, 1.165) is 32.1 Å². The van der Waals surface area contributed by atoms with E-state index in [9.17, 15) is 4.79 Å². The first-order valence-electron chi connectivity index (χ1n) is 6.65. The molecule has 0 radical (unpaired) electrons. The van der Waals surface area contributed by atoms with Gasteiger partial charge < -0.3 is 10.0 Å². The van der Waals surface area contributed by atoms with Gasteiger partial charge in [-0.15, -0.1) is 0 Å². The highest BCUT2D eigenvalue weighted by Crippen LogP contribution is 2.44. The van der Waals surface area contributed by atoms with Gasteiger partial charge in [-0.25, -0.2) is 0 Å². The molecular formula is C13H23NO2. The van der Waals surface area contributed by atoms with E-state index in [0.29, 0.717) is 18.5 Å². The van der Waals surface area contributed by atoms with Crippen molar-refractivity contribution in [3.8, 4) is 0 Å². The predicted octanol–water partition coefficient (Wildman–Crippen LogP) is 1.94. The fourth-order valence-electron chi connectivity index (χ4n) is 3.02. The Morgan fingerprint density at radius 3 is 2.44 bits per heavy atom. The molecule has 3 heteroatoms. The van der Waals surface area contributed by atoms with E-state index in [1.54, 1.807) is 0 Å². The number of aliphatic hydroxyl groups is 1. The van der Waals surface area contributed by atoms with Crippen molar-refractivity contribution >= 4 is 5.91 Å². The molecule has 2 rings (SSSR count). The van der Waals surface area contributed by atoms with Gasteiger partial charge in [-0.1, -0.05) is 19.8 Å². The van der Waals surface area contributed by atoms with Crippen molar-refractivity contribution < 1.29 is 9.90 Å². The third kappa shape index (κ3) is 2.10. The van der Waals surface area contributed by atoms with Crippen LogP contribution in [0.5, 0.6) is 0 Å². The fraction of sp³-hybridized carbons (Fsp3) is 0.923. The van der Waals surface area contributed by atoms with Crippen molar-refractivity contribution in [1.82, 2.24) is 4.90 Å². The zero-order valence-electron chi connectivity index (χ0n) is 10.2. The topological polar surface area (TPSA) is 40.5 Å². The molecule has 16 heavy (non-hydrogen) atoms. The maximum Gasteiger partial charge on any atom is 0.229 e. The zero-order valence-corrected chi connectivity index (χ0v) is 10.2. The van der Waals surface area contributed by atoms with Gasteiger partial charge in [-0.3, -0.25) is 4.79 Å². The van der Waals surface area contributed by atoms with Crippen molar-refractivity contribution in [2.45, 2.75) is 57.9 Å². The summed E-state index contributed by atoms with van der Waals surface area (Å²) in [7, 11) is 0. The van der Waals surface area contributed by atoms with Gasteiger partial charge in [0.2, 0.25) is 5.91 Å². The second-order valence-corrected chi connectivity index (χ2v) is 5.29. The van der Waals surface area contributed by atoms with Gasteiger partial charge >= 0.3 is 0 Å². The third-order valence-corrected chi connectivity index (χ3v) is 4.28. The summed E-state index contributed by atoms with van der Waals surface area (Å²) in [6.45, 7) is 2.76. The number of aliphatic hydroxyl groups excluding tert-OH is 1. The van der Waals surface area contributed by atoms with Crippen LogP contribution in [-0.2, 0) is 4.79 Å². The maximum atomic E-state index is 12.6. The number of hydrogen-bond acceptors (Lipinski definition) is 2. The lowest BCUT2D eigenvalue weighted by Gasteiger charge is -2.33. The van der Waals surface area contributed by atoms with Crippen LogP contribution in [0.2, 0.25) is 0 Å². The summed E-state index contributed by atoms with van der Waals surface area (Å²) in [6, 6.07) is 0.434. The van der Waals surface area contributed by atoms with Gasteiger partial charge in [0.1, 0.15) is 0 Å². The van der Waals surface area contributed by atoms with Crippen LogP contribution in [0, 0.1) is 5.41 Å². The molecule has 3 nitrogen and oxygen atoms in total. The van der Waals surface area contributed by atoms with E-state index in [2.05, 4.69) is 6.92 Å². The quantitative estimate of drug-likeness (QED) is 0.776. The van der Waals surface area contributed by atoms with Gasteiger partial charge in [0, 0.05) is 18.0 Å². The predicted molar refractivity (Wildman–Crippen MR) is 63.0 cm³/mol. The minimum absolute atomic E-state index is 0.0856. The van der Waals surface area contributed by atoms with E-state index in [1.165, 1.54) is 12.8 Å². The highest BCUT2D eigenvalue weighted by Gasteiger charge is 2.45. The molecule has 92 valence electrons. The van der Waals surface area contributed by atoms with Crippen molar-refractivity contribution in [3.63, 3.8) is 0 Å². The van der Waals surface area contributed by atoms with Gasteiger partial charge in [-0.2, -0.15) is 0 Å². The standard InChI is InChI=1S/C13H23NO2/c1-2-13(7-3-4-8-13)12(16)14(9-10-15)11-5-6-11/h11,15H,2-10H2,1H3. The summed E-state index contributed by atoms with van der Waals surface area (Å²) < 4.78 is 0. The molecule has 0 aromatic heterocycles. The van der Waals surface area contributed by atoms with E-state index >= 15 is 0 Å². The lowest BCUT2D eigenvalue weighted by Crippen LogP contribution is -2.45. The molecule has 2 aliphatic carbocycles. The Hall–Kier alpha value is -0.570. The van der Waals surface area contributed by atoms with Crippen molar-refractivity contribution in [3.05, 3.63) is 0 Å². The first-order chi connectivity index (χ1) is 7.73. The van der Waals surface area contributed by atoms with Crippen LogP contribution in [-0.4, -0.2) is 35.1 Å². The Morgan fingerprint density at radius 1 is 1.38 bits per heavy atom. The van der Waals surface area contributed by atoms with Gasteiger partial charge in [-0.05, 0) is 32.1 Å². The average Bonchev–Trinajstić information content (AvgIpc) is 3.02. The Morgan fingerprint density at radius 2 is 2.00 bits per heavy atom. The van der Waals surface area contributed by atoms with E-state index in [-0.39, 0.29) is 12.0 Å². The molecule has 0 aromatic carbocycles. The molecule has 1 amide bonds. The summed E-state index contributed by atoms with van der Waals surface area (Å²) >= 11 is 0. The Kier molecular flexibility index (Phi) is 3.53. The molecule has 0 saturated heterocycles. The minimum Gasteiger partial charge on any atom is -0.395 e. The van der Waals surface area contributed by atoms with Crippen LogP contribution in [0.4, 0.5) is 0 Å². The van der Waals surface area contributed by atoms with Crippen LogP contribution >= 0.6 is 0 Å². The van der Waals surface area contributed by atoms with Crippen LogP contribution in [0.25, 0.3) is 0 Å². The number of carbonyl (C=O) groups excluding carboxylic acids is 1. The molecule has 2 fully saturated rings. The number of carbonyl (C=O) groups is 1. The molecular weight excluding hydrogens is 202 g/mol. The minimum atomic E-state index is -0.0856. The molecule has 0 unspecified atom stereocenters. The van der Waals surface area contributed by atoms with Crippen LogP contribution in [0.15, 0.2) is 0 Å². The number of amides is 1. The first kappa shape index (κ1) is 11.9. The Balaban J connectivity index is 2.07. The fourth-order valence-corrected chi connectivity index (χ4v) is 3.02. The molecule has 2 aliphatic rings. The van der Waals surface area contributed by atoms with E-state index in [4.69, 9.17) is 5.11 Å². The van der Waals surface area contributed by atoms with E-state index in [1.807, 2.05) is 4.90 Å².